The van der Waals surface area contributed by atoms with Gasteiger partial charge in [0.25, 0.3) is 0 Å². The average Bonchev–Trinajstić information content (AvgIpc) is 2.21. The molecule has 3 N–H and O–H groups in total. The van der Waals surface area contributed by atoms with Crippen LogP contribution < -0.4 is 10.1 Å². The SMILES string of the molecule is CCOc1nccc(CC(=O)O)c1NC(=O)O. The van der Waals surface area contributed by atoms with Crippen LogP contribution in [0.1, 0.15) is 12.5 Å². The van der Waals surface area contributed by atoms with Crippen LogP contribution in [0.15, 0.2) is 12.3 Å². The summed E-state index contributed by atoms with van der Waals surface area (Å²) in [4.78, 5) is 25.1. The van der Waals surface area contributed by atoms with Gasteiger partial charge in [-0.15, -0.1) is 0 Å². The average molecular weight is 240 g/mol. The lowest BCUT2D eigenvalue weighted by atomic mass is 10.1. The number of anilines is 1. The lowest BCUT2D eigenvalue weighted by Gasteiger charge is -2.12. The molecule has 92 valence electrons. The first kappa shape index (κ1) is 12.8. The molecule has 0 saturated heterocycles. The van der Waals surface area contributed by atoms with Crippen LogP contribution in [0.25, 0.3) is 0 Å². The molecule has 1 rings (SSSR count). The lowest BCUT2D eigenvalue weighted by Crippen LogP contribution is -2.13. The molecular weight excluding hydrogens is 228 g/mol. The van der Waals surface area contributed by atoms with Crippen molar-refractivity contribution < 1.29 is 24.5 Å². The zero-order valence-electron chi connectivity index (χ0n) is 9.14. The Bertz CT molecular complexity index is 433. The number of amides is 1. The second-order valence-corrected chi connectivity index (χ2v) is 3.08. The van der Waals surface area contributed by atoms with Crippen molar-refractivity contribution in [3.8, 4) is 5.88 Å². The zero-order valence-corrected chi connectivity index (χ0v) is 9.14. The minimum atomic E-state index is -1.30. The van der Waals surface area contributed by atoms with Crippen molar-refractivity contribution in [2.24, 2.45) is 0 Å². The van der Waals surface area contributed by atoms with Gasteiger partial charge in [0.1, 0.15) is 5.69 Å². The van der Waals surface area contributed by atoms with Gasteiger partial charge in [-0.3, -0.25) is 10.1 Å². The van der Waals surface area contributed by atoms with Crippen molar-refractivity contribution in [3.63, 3.8) is 0 Å². The highest BCUT2D eigenvalue weighted by atomic mass is 16.5. The van der Waals surface area contributed by atoms with Gasteiger partial charge < -0.3 is 14.9 Å². The quantitative estimate of drug-likeness (QED) is 0.713. The summed E-state index contributed by atoms with van der Waals surface area (Å²) in [7, 11) is 0. The summed E-state index contributed by atoms with van der Waals surface area (Å²) < 4.78 is 5.13. The Morgan fingerprint density at radius 3 is 2.71 bits per heavy atom. The summed E-state index contributed by atoms with van der Waals surface area (Å²) >= 11 is 0. The van der Waals surface area contributed by atoms with Gasteiger partial charge in [0.05, 0.1) is 13.0 Å². The van der Waals surface area contributed by atoms with Crippen LogP contribution in [-0.4, -0.2) is 33.9 Å². The number of carboxylic acids is 1. The van der Waals surface area contributed by atoms with Crippen LogP contribution in [0.5, 0.6) is 5.88 Å². The van der Waals surface area contributed by atoms with Crippen LogP contribution in [0, 0.1) is 0 Å². The lowest BCUT2D eigenvalue weighted by molar-refractivity contribution is -0.136. The van der Waals surface area contributed by atoms with Crippen molar-refractivity contribution in [1.82, 2.24) is 4.98 Å². The molecule has 17 heavy (non-hydrogen) atoms. The molecule has 0 radical (unpaired) electrons. The summed E-state index contributed by atoms with van der Waals surface area (Å²) in [5, 5.41) is 19.5. The van der Waals surface area contributed by atoms with Gasteiger partial charge in [-0.2, -0.15) is 0 Å². The predicted octanol–water partition coefficient (Wildman–Crippen LogP) is 1.20. The Hall–Kier alpha value is -2.31. The van der Waals surface area contributed by atoms with Crippen LogP contribution >= 0.6 is 0 Å². The predicted molar refractivity (Wildman–Crippen MR) is 58.4 cm³/mol. The number of nitrogens with zero attached hydrogens (tertiary/aromatic N) is 1. The standard InChI is InChI=1S/C10H12N2O5/c1-2-17-9-8(12-10(15)16)6(3-4-11-9)5-7(13)14/h3-4,12H,2,5H2,1H3,(H,13,14)(H,15,16). The fourth-order valence-corrected chi connectivity index (χ4v) is 1.28. The smallest absolute Gasteiger partial charge is 0.409 e. The maximum atomic E-state index is 10.6. The Balaban J connectivity index is 3.13. The molecule has 7 heteroatoms. The number of pyridine rings is 1. The van der Waals surface area contributed by atoms with E-state index in [1.165, 1.54) is 12.3 Å². The second kappa shape index (κ2) is 5.69. The number of hydrogen-bond acceptors (Lipinski definition) is 4. The Morgan fingerprint density at radius 2 is 2.18 bits per heavy atom. The van der Waals surface area contributed by atoms with Crippen LogP contribution in [0.2, 0.25) is 0 Å². The van der Waals surface area contributed by atoms with E-state index in [1.807, 2.05) is 0 Å². The molecule has 0 aliphatic heterocycles. The third-order valence-electron chi connectivity index (χ3n) is 1.86. The maximum absolute atomic E-state index is 10.6. The number of aromatic nitrogens is 1. The Morgan fingerprint density at radius 1 is 1.47 bits per heavy atom. The summed E-state index contributed by atoms with van der Waals surface area (Å²) in [6.45, 7) is 2.02. The van der Waals surface area contributed by atoms with E-state index in [0.29, 0.717) is 12.2 Å². The van der Waals surface area contributed by atoms with E-state index in [9.17, 15) is 9.59 Å². The topological polar surface area (TPSA) is 109 Å². The number of ether oxygens (including phenoxy) is 1. The third-order valence-corrected chi connectivity index (χ3v) is 1.86. The van der Waals surface area contributed by atoms with Gasteiger partial charge in [-0.1, -0.05) is 0 Å². The first-order chi connectivity index (χ1) is 8.04. The number of rotatable bonds is 5. The van der Waals surface area contributed by atoms with Crippen molar-refractivity contribution in [3.05, 3.63) is 17.8 Å². The summed E-state index contributed by atoms with van der Waals surface area (Å²) in [6, 6.07) is 1.43. The van der Waals surface area contributed by atoms with Crippen LogP contribution in [-0.2, 0) is 11.2 Å². The molecule has 1 aromatic rings. The molecule has 0 unspecified atom stereocenters. The molecule has 0 spiro atoms. The van der Waals surface area contributed by atoms with E-state index in [4.69, 9.17) is 14.9 Å². The zero-order chi connectivity index (χ0) is 12.8. The van der Waals surface area contributed by atoms with Crippen LogP contribution in [0.4, 0.5) is 10.5 Å². The fraction of sp³-hybridized carbons (Fsp3) is 0.300. The van der Waals surface area contributed by atoms with Crippen LogP contribution in [0.3, 0.4) is 0 Å². The molecule has 0 aliphatic rings. The van der Waals surface area contributed by atoms with Gasteiger partial charge >= 0.3 is 12.1 Å². The highest BCUT2D eigenvalue weighted by molar-refractivity contribution is 5.87. The van der Waals surface area contributed by atoms with E-state index in [0.717, 1.165) is 0 Å². The molecule has 0 aliphatic carbocycles. The Labute approximate surface area is 97.1 Å². The normalized spacial score (nSPS) is 9.71. The number of carboxylic acid groups (broad SMARTS) is 2. The third kappa shape index (κ3) is 3.63. The molecule has 0 atom stereocenters. The molecule has 1 heterocycles. The van der Waals surface area contributed by atoms with Crippen molar-refractivity contribution in [2.45, 2.75) is 13.3 Å². The van der Waals surface area contributed by atoms with E-state index >= 15 is 0 Å². The van der Waals surface area contributed by atoms with E-state index in [1.54, 1.807) is 6.92 Å². The number of aliphatic carboxylic acids is 1. The number of hydrogen-bond donors (Lipinski definition) is 3. The van der Waals surface area contributed by atoms with Gasteiger partial charge in [0.2, 0.25) is 5.88 Å². The second-order valence-electron chi connectivity index (χ2n) is 3.08. The van der Waals surface area contributed by atoms with Gasteiger partial charge in [0.15, 0.2) is 0 Å². The molecule has 0 aromatic carbocycles. The van der Waals surface area contributed by atoms with E-state index in [-0.39, 0.29) is 18.0 Å². The molecule has 0 saturated carbocycles. The highest BCUT2D eigenvalue weighted by Crippen LogP contribution is 2.26. The van der Waals surface area contributed by atoms with Gasteiger partial charge in [0, 0.05) is 6.20 Å². The minimum absolute atomic E-state index is 0.0734. The summed E-state index contributed by atoms with van der Waals surface area (Å²) in [5.74, 6) is -0.985. The van der Waals surface area contributed by atoms with Crippen molar-refractivity contribution in [1.29, 1.82) is 0 Å². The minimum Gasteiger partial charge on any atom is -0.481 e. The van der Waals surface area contributed by atoms with Crippen molar-refractivity contribution in [2.75, 3.05) is 11.9 Å². The van der Waals surface area contributed by atoms with Gasteiger partial charge in [-0.05, 0) is 18.6 Å². The number of nitrogens with one attached hydrogen (secondary N) is 1. The molecule has 0 bridgehead atoms. The highest BCUT2D eigenvalue weighted by Gasteiger charge is 2.15. The first-order valence-electron chi connectivity index (χ1n) is 4.87. The van der Waals surface area contributed by atoms with E-state index in [2.05, 4.69) is 10.3 Å². The molecule has 1 amide bonds. The summed E-state index contributed by atoms with van der Waals surface area (Å²) in [6.07, 6.45) is -0.236. The maximum Gasteiger partial charge on any atom is 0.409 e. The first-order valence-corrected chi connectivity index (χ1v) is 4.87. The largest absolute Gasteiger partial charge is 0.481 e. The molecule has 0 fully saturated rings. The van der Waals surface area contributed by atoms with E-state index < -0.39 is 12.1 Å². The molecule has 7 nitrogen and oxygen atoms in total. The number of carbonyl (C=O) groups is 2. The van der Waals surface area contributed by atoms with Crippen molar-refractivity contribution >= 4 is 17.7 Å². The Kier molecular flexibility index (Phi) is 4.27. The fourth-order valence-electron chi connectivity index (χ4n) is 1.28. The molecular formula is C10H12N2O5. The monoisotopic (exact) mass is 240 g/mol. The van der Waals surface area contributed by atoms with Gasteiger partial charge in [-0.25, -0.2) is 9.78 Å². The summed E-state index contributed by atoms with van der Waals surface area (Å²) in [5.41, 5.74) is 0.377. The molecule has 1 aromatic heterocycles.